The normalized spacial score (nSPS) is 28.4. The first-order chi connectivity index (χ1) is 14.2. The van der Waals surface area contributed by atoms with Gasteiger partial charge < -0.3 is 9.84 Å². The first kappa shape index (κ1) is 21.2. The molecule has 3 aliphatic rings. The molecule has 1 aromatic rings. The fraction of sp³-hybridized carbons (Fsp3) is 0.593. The maximum atomic E-state index is 10.9. The number of benzene rings is 1. The highest BCUT2D eigenvalue weighted by atomic mass is 16.5. The fourth-order valence-corrected chi connectivity index (χ4v) is 5.40. The summed E-state index contributed by atoms with van der Waals surface area (Å²) in [4.78, 5) is 10.9. The van der Waals surface area contributed by atoms with Gasteiger partial charge in [0.1, 0.15) is 5.75 Å². The molecular formula is C27H36O3. The Labute approximate surface area is 181 Å². The fourth-order valence-electron chi connectivity index (χ4n) is 5.40. The van der Waals surface area contributed by atoms with E-state index in [9.17, 15) is 4.79 Å². The Hall–Kier alpha value is -2.03. The maximum Gasteiger partial charge on any atom is 0.328 e. The minimum absolute atomic E-state index is 0.0596. The van der Waals surface area contributed by atoms with Crippen LogP contribution in [0.3, 0.4) is 0 Å². The summed E-state index contributed by atoms with van der Waals surface area (Å²) >= 11 is 0. The van der Waals surface area contributed by atoms with Crippen LogP contribution in [0.4, 0.5) is 0 Å². The van der Waals surface area contributed by atoms with Crippen molar-refractivity contribution in [3.05, 3.63) is 52.6 Å². The van der Waals surface area contributed by atoms with E-state index in [0.717, 1.165) is 36.7 Å². The van der Waals surface area contributed by atoms with E-state index in [1.807, 2.05) is 13.0 Å². The number of hydrogen-bond donors (Lipinski definition) is 1. The lowest BCUT2D eigenvalue weighted by Gasteiger charge is -2.24. The monoisotopic (exact) mass is 408 g/mol. The molecule has 1 heterocycles. The van der Waals surface area contributed by atoms with Crippen LogP contribution < -0.4 is 4.74 Å². The Kier molecular flexibility index (Phi) is 5.59. The van der Waals surface area contributed by atoms with Gasteiger partial charge in [-0.1, -0.05) is 77.2 Å². The van der Waals surface area contributed by atoms with Crippen molar-refractivity contribution in [1.82, 2.24) is 0 Å². The van der Waals surface area contributed by atoms with Gasteiger partial charge in [0.15, 0.2) is 0 Å². The zero-order chi connectivity index (χ0) is 21.5. The highest BCUT2D eigenvalue weighted by molar-refractivity contribution is 5.81. The summed E-state index contributed by atoms with van der Waals surface area (Å²) in [6.07, 6.45) is 14.5. The second-order valence-corrected chi connectivity index (χ2v) is 10.7. The van der Waals surface area contributed by atoms with E-state index in [1.165, 1.54) is 54.9 Å². The zero-order valence-electron chi connectivity index (χ0n) is 19.0. The molecule has 0 amide bonds. The van der Waals surface area contributed by atoms with E-state index in [2.05, 4.69) is 39.0 Å². The summed E-state index contributed by atoms with van der Waals surface area (Å²) in [7, 11) is 0. The smallest absolute Gasteiger partial charge is 0.328 e. The van der Waals surface area contributed by atoms with Crippen LogP contribution in [0.1, 0.15) is 82.9 Å². The third-order valence-electron chi connectivity index (χ3n) is 7.61. The topological polar surface area (TPSA) is 46.5 Å². The van der Waals surface area contributed by atoms with Crippen molar-refractivity contribution < 1.29 is 14.6 Å². The van der Waals surface area contributed by atoms with Gasteiger partial charge in [0.25, 0.3) is 0 Å². The highest BCUT2D eigenvalue weighted by Crippen LogP contribution is 2.57. The molecule has 2 saturated carbocycles. The van der Waals surface area contributed by atoms with Gasteiger partial charge in [-0.15, -0.1) is 0 Å². The third kappa shape index (κ3) is 4.22. The summed E-state index contributed by atoms with van der Waals surface area (Å²) in [5, 5.41) is 8.93. The van der Waals surface area contributed by atoms with E-state index < -0.39 is 5.97 Å². The average molecular weight is 409 g/mol. The number of fused-ring (bicyclic) bond motifs is 1. The Morgan fingerprint density at radius 3 is 2.63 bits per heavy atom. The molecule has 2 atom stereocenters. The molecule has 162 valence electrons. The summed E-state index contributed by atoms with van der Waals surface area (Å²) in [6, 6.07) is 4.84. The van der Waals surface area contributed by atoms with Crippen molar-refractivity contribution in [3.63, 3.8) is 0 Å². The Morgan fingerprint density at radius 1 is 1.20 bits per heavy atom. The van der Waals surface area contributed by atoms with Crippen LogP contribution >= 0.6 is 0 Å². The lowest BCUT2D eigenvalue weighted by atomic mass is 9.79. The van der Waals surface area contributed by atoms with Crippen LogP contribution in [-0.4, -0.2) is 17.7 Å². The Morgan fingerprint density at radius 2 is 1.93 bits per heavy atom. The van der Waals surface area contributed by atoms with Crippen LogP contribution in [0.15, 0.2) is 35.9 Å². The van der Waals surface area contributed by atoms with E-state index in [0.29, 0.717) is 5.92 Å². The van der Waals surface area contributed by atoms with Crippen molar-refractivity contribution in [2.75, 3.05) is 6.61 Å². The molecule has 2 aliphatic carbocycles. The predicted octanol–water partition coefficient (Wildman–Crippen LogP) is 6.34. The van der Waals surface area contributed by atoms with Crippen LogP contribution in [0, 0.1) is 11.8 Å². The number of carbonyl (C=O) groups is 1. The molecule has 4 rings (SSSR count). The van der Waals surface area contributed by atoms with E-state index in [4.69, 9.17) is 9.84 Å². The molecule has 30 heavy (non-hydrogen) atoms. The maximum absolute atomic E-state index is 10.9. The molecule has 1 aliphatic heterocycles. The largest absolute Gasteiger partial charge is 0.492 e. The second kappa shape index (κ2) is 7.90. The van der Waals surface area contributed by atoms with Gasteiger partial charge in [-0.3, -0.25) is 0 Å². The molecule has 0 spiro atoms. The molecule has 1 aromatic carbocycles. The summed E-state index contributed by atoms with van der Waals surface area (Å²) in [5.74, 6) is 1.52. The van der Waals surface area contributed by atoms with Gasteiger partial charge in [0.2, 0.25) is 0 Å². The first-order valence-corrected chi connectivity index (χ1v) is 11.6. The van der Waals surface area contributed by atoms with Crippen molar-refractivity contribution in [3.8, 4) is 5.75 Å². The van der Waals surface area contributed by atoms with Gasteiger partial charge >= 0.3 is 5.97 Å². The van der Waals surface area contributed by atoms with Crippen LogP contribution in [0.5, 0.6) is 5.75 Å². The van der Waals surface area contributed by atoms with Crippen LogP contribution in [-0.2, 0) is 22.0 Å². The second-order valence-electron chi connectivity index (χ2n) is 10.7. The lowest BCUT2D eigenvalue weighted by Crippen LogP contribution is -2.19. The number of carboxylic acids is 1. The van der Waals surface area contributed by atoms with Gasteiger partial charge in [-0.2, -0.15) is 0 Å². The Bertz CT molecular complexity index is 886. The third-order valence-corrected chi connectivity index (χ3v) is 7.61. The van der Waals surface area contributed by atoms with Gasteiger partial charge in [0.05, 0.1) is 6.61 Å². The van der Waals surface area contributed by atoms with Crippen molar-refractivity contribution in [2.45, 2.75) is 83.5 Å². The molecule has 3 nitrogen and oxygen atoms in total. The average Bonchev–Trinajstić information content (AvgIpc) is 3.26. The number of hydrogen-bond acceptors (Lipinski definition) is 2. The minimum Gasteiger partial charge on any atom is -0.492 e. The van der Waals surface area contributed by atoms with Crippen LogP contribution in [0.25, 0.3) is 0 Å². The molecule has 0 bridgehead atoms. The highest BCUT2D eigenvalue weighted by Gasteiger charge is 2.50. The molecule has 0 saturated heterocycles. The number of aliphatic carboxylic acids is 1. The standard InChI is InChI=1S/C27H36O3/c1-18(12-24(28)29)10-11-21-16-27(21,4)22-14-20(13-19-8-6-5-7-9-19)25-23(15-22)26(2,3)17-30-25/h10-12,14-15,19,21H,5-9,13,16-17H2,1-4H3,(H,28,29)/b11-10+,18-12+/t21-,27+/m1/s1. The van der Waals surface area contributed by atoms with Crippen LogP contribution in [0.2, 0.25) is 0 Å². The number of ether oxygens (including phenoxy) is 1. The van der Waals surface area contributed by atoms with Gasteiger partial charge in [-0.25, -0.2) is 4.79 Å². The van der Waals surface area contributed by atoms with E-state index >= 15 is 0 Å². The molecule has 1 N–H and O–H groups in total. The van der Waals surface area contributed by atoms with Crippen molar-refractivity contribution >= 4 is 5.97 Å². The molecule has 3 heteroatoms. The van der Waals surface area contributed by atoms with E-state index in [-0.39, 0.29) is 10.8 Å². The predicted molar refractivity (Wildman–Crippen MR) is 121 cm³/mol. The summed E-state index contributed by atoms with van der Waals surface area (Å²) < 4.78 is 6.24. The molecule has 2 fully saturated rings. The van der Waals surface area contributed by atoms with Crippen molar-refractivity contribution in [1.29, 1.82) is 0 Å². The van der Waals surface area contributed by atoms with Crippen molar-refractivity contribution in [2.24, 2.45) is 11.8 Å². The number of carboxylic acid groups (broad SMARTS) is 1. The summed E-state index contributed by atoms with van der Waals surface area (Å²) in [5.41, 5.74) is 5.21. The van der Waals surface area contributed by atoms with E-state index in [1.54, 1.807) is 0 Å². The quantitative estimate of drug-likeness (QED) is 0.441. The SMILES string of the molecule is CC(/C=C/[C@@H]1C[C@]1(C)c1cc(CC2CCCCC2)c2c(c1)C(C)(C)CO2)=C\C(=O)O. The molecule has 0 unspecified atom stereocenters. The zero-order valence-corrected chi connectivity index (χ0v) is 19.0. The van der Waals surface area contributed by atoms with Gasteiger partial charge in [0, 0.05) is 17.1 Å². The summed E-state index contributed by atoms with van der Waals surface area (Å²) in [6.45, 7) is 9.55. The molecule has 0 radical (unpaired) electrons. The molecule has 0 aromatic heterocycles. The lowest BCUT2D eigenvalue weighted by molar-refractivity contribution is -0.131. The molecular weight excluding hydrogens is 372 g/mol. The van der Waals surface area contributed by atoms with Gasteiger partial charge in [-0.05, 0) is 53.7 Å². The number of rotatable bonds is 6. The number of allylic oxidation sites excluding steroid dienone is 3. The Balaban J connectivity index is 1.61. The first-order valence-electron chi connectivity index (χ1n) is 11.6. The minimum atomic E-state index is -0.885.